The van der Waals surface area contributed by atoms with Crippen LogP contribution in [0.3, 0.4) is 0 Å². The van der Waals surface area contributed by atoms with Gasteiger partial charge in [-0.1, -0.05) is 37.3 Å². The van der Waals surface area contributed by atoms with Crippen LogP contribution in [0.1, 0.15) is 32.8 Å². The molecule has 0 aliphatic rings. The summed E-state index contributed by atoms with van der Waals surface area (Å²) in [6.07, 6.45) is 0.237. The van der Waals surface area contributed by atoms with Crippen molar-refractivity contribution in [3.05, 3.63) is 59.9 Å². The van der Waals surface area contributed by atoms with Crippen LogP contribution in [-0.4, -0.2) is 5.97 Å². The van der Waals surface area contributed by atoms with E-state index >= 15 is 0 Å². The summed E-state index contributed by atoms with van der Waals surface area (Å²) in [7, 11) is 0. The molecule has 0 aliphatic heterocycles. The zero-order valence-corrected chi connectivity index (χ0v) is 12.9. The first-order valence-corrected chi connectivity index (χ1v) is 7.17. The van der Waals surface area contributed by atoms with E-state index < -0.39 is 17.4 Å². The Morgan fingerprint density at radius 1 is 1.14 bits per heavy atom. The molecule has 3 nitrogen and oxygen atoms in total. The molecule has 0 aliphatic carbocycles. The Labute approximate surface area is 129 Å². The molecule has 116 valence electrons. The summed E-state index contributed by atoms with van der Waals surface area (Å²) >= 11 is 0. The highest BCUT2D eigenvalue weighted by atomic mass is 19.1. The van der Waals surface area contributed by atoms with Crippen LogP contribution in [0, 0.1) is 5.82 Å². The molecule has 0 saturated carbocycles. The normalized spacial score (nSPS) is 11.1. The maximum Gasteiger partial charge on any atom is 0.310 e. The Bertz CT molecular complexity index is 651. The van der Waals surface area contributed by atoms with Crippen LogP contribution in [0.25, 0.3) is 0 Å². The summed E-state index contributed by atoms with van der Waals surface area (Å²) in [5.74, 6) is -0.678. The third-order valence-corrected chi connectivity index (χ3v) is 3.26. The van der Waals surface area contributed by atoms with Gasteiger partial charge in [-0.05, 0) is 31.5 Å². The molecule has 0 heterocycles. The number of benzene rings is 2. The van der Waals surface area contributed by atoms with Gasteiger partial charge in [0.05, 0.1) is 0 Å². The van der Waals surface area contributed by atoms with Crippen LogP contribution in [0.4, 0.5) is 4.39 Å². The number of esters is 1. The van der Waals surface area contributed by atoms with E-state index in [1.54, 1.807) is 6.92 Å². The van der Waals surface area contributed by atoms with E-state index in [-0.39, 0.29) is 17.9 Å². The van der Waals surface area contributed by atoms with Crippen molar-refractivity contribution in [3.8, 4) is 11.5 Å². The fourth-order valence-electron chi connectivity index (χ4n) is 2.00. The highest BCUT2D eigenvalue weighted by molar-refractivity contribution is 5.71. The Hall–Kier alpha value is -2.36. The smallest absolute Gasteiger partial charge is 0.310 e. The van der Waals surface area contributed by atoms with Crippen molar-refractivity contribution in [1.29, 1.82) is 0 Å². The van der Waals surface area contributed by atoms with E-state index in [0.717, 1.165) is 11.6 Å². The quantitative estimate of drug-likeness (QED) is 0.604. The second kappa shape index (κ2) is 6.60. The lowest BCUT2D eigenvalue weighted by atomic mass is 9.98. The second-order valence-corrected chi connectivity index (χ2v) is 5.40. The molecule has 0 aromatic heterocycles. The first kappa shape index (κ1) is 16.0. The fourth-order valence-corrected chi connectivity index (χ4v) is 2.00. The molecular weight excluding hydrogens is 283 g/mol. The van der Waals surface area contributed by atoms with Gasteiger partial charge in [-0.15, -0.1) is 0 Å². The average Bonchev–Trinajstić information content (AvgIpc) is 2.50. The number of carbonyl (C=O) groups is 1. The molecule has 22 heavy (non-hydrogen) atoms. The summed E-state index contributed by atoms with van der Waals surface area (Å²) < 4.78 is 24.9. The molecule has 0 atom stereocenters. The molecule has 0 N–H and O–H groups in total. The molecule has 0 fully saturated rings. The zero-order chi connectivity index (χ0) is 16.2. The van der Waals surface area contributed by atoms with Gasteiger partial charge < -0.3 is 9.47 Å². The summed E-state index contributed by atoms with van der Waals surface area (Å²) in [6.45, 7) is 5.41. The molecule has 0 amide bonds. The van der Waals surface area contributed by atoms with Crippen molar-refractivity contribution in [2.75, 3.05) is 0 Å². The van der Waals surface area contributed by atoms with Crippen LogP contribution >= 0.6 is 0 Å². The number of carbonyl (C=O) groups excluding carboxylic acids is 1. The third-order valence-electron chi connectivity index (χ3n) is 3.26. The van der Waals surface area contributed by atoms with Gasteiger partial charge in [-0.2, -0.15) is 0 Å². The second-order valence-electron chi connectivity index (χ2n) is 5.40. The first-order valence-electron chi connectivity index (χ1n) is 7.17. The van der Waals surface area contributed by atoms with Crippen LogP contribution in [-0.2, 0) is 10.4 Å². The first-order chi connectivity index (χ1) is 10.4. The molecule has 0 bridgehead atoms. The predicted octanol–water partition coefficient (Wildman–Crippen LogP) is 4.46. The van der Waals surface area contributed by atoms with E-state index in [1.165, 1.54) is 12.1 Å². The van der Waals surface area contributed by atoms with E-state index in [2.05, 4.69) is 0 Å². The molecule has 0 saturated heterocycles. The van der Waals surface area contributed by atoms with Crippen LogP contribution < -0.4 is 9.47 Å². The van der Waals surface area contributed by atoms with E-state index in [1.807, 2.05) is 44.2 Å². The van der Waals surface area contributed by atoms with Crippen molar-refractivity contribution in [3.63, 3.8) is 0 Å². The van der Waals surface area contributed by atoms with Crippen LogP contribution in [0.5, 0.6) is 11.5 Å². The molecule has 0 unspecified atom stereocenters. The van der Waals surface area contributed by atoms with E-state index in [4.69, 9.17) is 9.47 Å². The van der Waals surface area contributed by atoms with Crippen molar-refractivity contribution < 1.29 is 18.7 Å². The minimum atomic E-state index is -0.677. The van der Waals surface area contributed by atoms with Gasteiger partial charge in [0.2, 0.25) is 0 Å². The highest BCUT2D eigenvalue weighted by Crippen LogP contribution is 2.31. The maximum atomic E-state index is 14.1. The van der Waals surface area contributed by atoms with E-state index in [9.17, 15) is 9.18 Å². The molecule has 2 rings (SSSR count). The lowest BCUT2D eigenvalue weighted by molar-refractivity contribution is -0.134. The molecule has 4 heteroatoms. The molecule has 0 spiro atoms. The molecule has 2 aromatic carbocycles. The van der Waals surface area contributed by atoms with E-state index in [0.29, 0.717) is 0 Å². The number of ether oxygens (including phenoxy) is 2. The topological polar surface area (TPSA) is 35.5 Å². The van der Waals surface area contributed by atoms with Gasteiger partial charge in [0.15, 0.2) is 11.6 Å². The Morgan fingerprint density at radius 3 is 2.41 bits per heavy atom. The number of rotatable bonds is 5. The Kier molecular flexibility index (Phi) is 4.81. The number of halogens is 1. The summed E-state index contributed by atoms with van der Waals surface area (Å²) in [5.41, 5.74) is 0.264. The Morgan fingerprint density at radius 2 is 1.82 bits per heavy atom. The van der Waals surface area contributed by atoms with Gasteiger partial charge in [0.25, 0.3) is 0 Å². The number of hydrogen-bond donors (Lipinski definition) is 0. The van der Waals surface area contributed by atoms with Gasteiger partial charge >= 0.3 is 5.97 Å². The molecule has 0 radical (unpaired) electrons. The summed E-state index contributed by atoms with van der Waals surface area (Å²) in [4.78, 5) is 11.2. The number of hydrogen-bond acceptors (Lipinski definition) is 3. The molecule has 2 aromatic rings. The van der Waals surface area contributed by atoms with Crippen LogP contribution in [0.15, 0.2) is 48.5 Å². The van der Waals surface area contributed by atoms with Crippen molar-refractivity contribution in [2.24, 2.45) is 0 Å². The SMILES string of the molecule is CCC(=O)Oc1ccc(OC(C)(C)c2ccccc2)c(F)c1. The highest BCUT2D eigenvalue weighted by Gasteiger charge is 2.24. The largest absolute Gasteiger partial charge is 0.480 e. The predicted molar refractivity (Wildman–Crippen MR) is 82.4 cm³/mol. The average molecular weight is 302 g/mol. The summed E-state index contributed by atoms with van der Waals surface area (Å²) in [6, 6.07) is 13.7. The van der Waals surface area contributed by atoms with Gasteiger partial charge in [0, 0.05) is 12.5 Å². The van der Waals surface area contributed by atoms with Gasteiger partial charge in [-0.25, -0.2) is 4.39 Å². The monoisotopic (exact) mass is 302 g/mol. The minimum Gasteiger partial charge on any atom is -0.480 e. The van der Waals surface area contributed by atoms with Crippen LogP contribution in [0.2, 0.25) is 0 Å². The van der Waals surface area contributed by atoms with Gasteiger partial charge in [0.1, 0.15) is 11.4 Å². The minimum absolute atomic E-state index is 0.116. The lowest BCUT2D eigenvalue weighted by Gasteiger charge is -2.27. The lowest BCUT2D eigenvalue weighted by Crippen LogP contribution is -2.25. The van der Waals surface area contributed by atoms with Crippen molar-refractivity contribution in [1.82, 2.24) is 0 Å². The third kappa shape index (κ3) is 3.85. The summed E-state index contributed by atoms with van der Waals surface area (Å²) in [5, 5.41) is 0. The maximum absolute atomic E-state index is 14.1. The van der Waals surface area contributed by atoms with Crippen molar-refractivity contribution in [2.45, 2.75) is 32.8 Å². The standard InChI is InChI=1S/C18H19FO3/c1-4-17(20)21-14-10-11-16(15(19)12-14)22-18(2,3)13-8-6-5-7-9-13/h5-12H,4H2,1-3H3. The van der Waals surface area contributed by atoms with Crippen molar-refractivity contribution >= 4 is 5.97 Å². The van der Waals surface area contributed by atoms with Gasteiger partial charge in [-0.3, -0.25) is 4.79 Å². The molecular formula is C18H19FO3. The fraction of sp³-hybridized carbons (Fsp3) is 0.278. The zero-order valence-electron chi connectivity index (χ0n) is 12.9. The Balaban J connectivity index is 2.18.